The molecule has 0 aromatic rings. The van der Waals surface area contributed by atoms with E-state index in [2.05, 4.69) is 20.1 Å². The van der Waals surface area contributed by atoms with E-state index in [0.717, 1.165) is 6.42 Å². The van der Waals surface area contributed by atoms with Gasteiger partial charge in [-0.1, -0.05) is 24.1 Å². The predicted octanol–water partition coefficient (Wildman–Crippen LogP) is 6.22. The molecular formula is C27H51N7O6. The molecule has 1 unspecified atom stereocenters. The summed E-state index contributed by atoms with van der Waals surface area (Å²) in [5, 5.41) is 6.75. The Labute approximate surface area is 239 Å². The molecule has 0 saturated carbocycles. The van der Waals surface area contributed by atoms with Gasteiger partial charge in [-0.15, -0.1) is 0 Å². The Kier molecular flexibility index (Phi) is 20.4. The van der Waals surface area contributed by atoms with Crippen LogP contribution in [0.15, 0.2) is 10.2 Å². The first-order valence-corrected chi connectivity index (χ1v) is 13.8. The van der Waals surface area contributed by atoms with Crippen LogP contribution in [0.25, 0.3) is 20.9 Å². The number of esters is 3. The van der Waals surface area contributed by atoms with Crippen molar-refractivity contribution in [3.05, 3.63) is 20.9 Å². The minimum Gasteiger partial charge on any atom is -0.465 e. The molecule has 13 heteroatoms. The molecule has 0 aromatic carbocycles. The third kappa shape index (κ3) is 17.6. The molecular weight excluding hydrogens is 518 g/mol. The van der Waals surface area contributed by atoms with Crippen LogP contribution in [0.5, 0.6) is 0 Å². The summed E-state index contributed by atoms with van der Waals surface area (Å²) < 4.78 is 15.7. The van der Waals surface area contributed by atoms with Gasteiger partial charge < -0.3 is 19.1 Å². The van der Waals surface area contributed by atoms with Gasteiger partial charge in [0.25, 0.3) is 0 Å². The number of hydrogen-bond donors (Lipinski definition) is 0. The van der Waals surface area contributed by atoms with E-state index in [0.29, 0.717) is 65.0 Å². The number of likely N-dealkylation sites (N-methyl/N-ethyl adjacent to an activating group) is 1. The molecule has 0 aromatic heterocycles. The lowest BCUT2D eigenvalue weighted by atomic mass is 9.76. The largest absolute Gasteiger partial charge is 0.465 e. The fourth-order valence-electron chi connectivity index (χ4n) is 2.83. The molecule has 0 heterocycles. The standard InChI is InChI=1S/C18H34N4O4.C9H17N3O2/c1-7-18(4,16(24)25-13-8-11-20-21-19)10-9-17(2,3)15(23)26-14-12-22(5)6;1-4-9(2,3)8(13)14-7-5-6-11-12-10/h7-14H2,1-6H3;4-7H2,1-3H3. The van der Waals surface area contributed by atoms with Crippen molar-refractivity contribution in [1.29, 1.82) is 0 Å². The van der Waals surface area contributed by atoms with Crippen LogP contribution < -0.4 is 0 Å². The van der Waals surface area contributed by atoms with E-state index in [1.807, 2.05) is 67.5 Å². The number of carbonyl (C=O) groups is 3. The molecule has 0 amide bonds. The van der Waals surface area contributed by atoms with Crippen molar-refractivity contribution in [1.82, 2.24) is 4.90 Å². The highest BCUT2D eigenvalue weighted by molar-refractivity contribution is 5.78. The van der Waals surface area contributed by atoms with Gasteiger partial charge in [0.05, 0.1) is 29.5 Å². The first kappa shape index (κ1) is 39.1. The van der Waals surface area contributed by atoms with Crippen LogP contribution >= 0.6 is 0 Å². The van der Waals surface area contributed by atoms with Gasteiger partial charge in [0.15, 0.2) is 0 Å². The second kappa shape index (κ2) is 20.8. The zero-order valence-electron chi connectivity index (χ0n) is 26.1. The van der Waals surface area contributed by atoms with E-state index in [1.165, 1.54) is 0 Å². The second-order valence-corrected chi connectivity index (χ2v) is 11.4. The highest BCUT2D eigenvalue weighted by atomic mass is 16.5. The van der Waals surface area contributed by atoms with Crippen molar-refractivity contribution in [2.45, 2.75) is 87.0 Å². The number of nitrogens with zero attached hydrogens (tertiary/aromatic N) is 7. The molecule has 0 saturated heterocycles. The van der Waals surface area contributed by atoms with Crippen LogP contribution in [-0.4, -0.2) is 76.4 Å². The van der Waals surface area contributed by atoms with Gasteiger partial charge in [-0.05, 0) is 98.3 Å². The Balaban J connectivity index is 0. The Morgan fingerprint density at radius 2 is 1.15 bits per heavy atom. The number of carbonyl (C=O) groups excluding carboxylic acids is 3. The van der Waals surface area contributed by atoms with Crippen LogP contribution in [-0.2, 0) is 28.6 Å². The van der Waals surface area contributed by atoms with Crippen LogP contribution in [0.4, 0.5) is 0 Å². The molecule has 40 heavy (non-hydrogen) atoms. The van der Waals surface area contributed by atoms with Crippen molar-refractivity contribution in [2.75, 3.05) is 53.6 Å². The summed E-state index contributed by atoms with van der Waals surface area (Å²) in [7, 11) is 3.84. The lowest BCUT2D eigenvalue weighted by molar-refractivity contribution is -0.159. The van der Waals surface area contributed by atoms with Crippen LogP contribution in [0, 0.1) is 16.2 Å². The van der Waals surface area contributed by atoms with E-state index in [-0.39, 0.29) is 24.5 Å². The smallest absolute Gasteiger partial charge is 0.311 e. The van der Waals surface area contributed by atoms with Crippen molar-refractivity contribution < 1.29 is 28.6 Å². The minimum absolute atomic E-state index is 0.194. The normalized spacial score (nSPS) is 12.6. The highest BCUT2D eigenvalue weighted by Crippen LogP contribution is 2.35. The second-order valence-electron chi connectivity index (χ2n) is 11.4. The highest BCUT2D eigenvalue weighted by Gasteiger charge is 2.37. The van der Waals surface area contributed by atoms with Crippen molar-refractivity contribution in [2.24, 2.45) is 26.5 Å². The number of azide groups is 2. The van der Waals surface area contributed by atoms with Crippen LogP contribution in [0.1, 0.15) is 87.0 Å². The van der Waals surface area contributed by atoms with E-state index in [1.54, 1.807) is 0 Å². The van der Waals surface area contributed by atoms with Crippen molar-refractivity contribution >= 4 is 17.9 Å². The Bertz CT molecular complexity index is 865. The summed E-state index contributed by atoms with van der Waals surface area (Å²) in [6.45, 7) is 15.4. The number of rotatable bonds is 19. The number of ether oxygens (including phenoxy) is 3. The first-order chi connectivity index (χ1) is 18.6. The van der Waals surface area contributed by atoms with Crippen LogP contribution in [0.3, 0.4) is 0 Å². The summed E-state index contributed by atoms with van der Waals surface area (Å²) in [5.41, 5.74) is 14.5. The third-order valence-corrected chi connectivity index (χ3v) is 6.73. The number of hydrogen-bond acceptors (Lipinski definition) is 9. The molecule has 0 spiro atoms. The minimum atomic E-state index is -0.662. The van der Waals surface area contributed by atoms with Gasteiger partial charge in [0, 0.05) is 29.5 Å². The van der Waals surface area contributed by atoms with Gasteiger partial charge in [0.2, 0.25) is 0 Å². The van der Waals surface area contributed by atoms with E-state index in [4.69, 9.17) is 25.3 Å². The molecule has 0 rings (SSSR count). The van der Waals surface area contributed by atoms with Gasteiger partial charge in [-0.25, -0.2) is 0 Å². The maximum absolute atomic E-state index is 12.4. The quantitative estimate of drug-likeness (QED) is 0.0441. The van der Waals surface area contributed by atoms with E-state index < -0.39 is 16.2 Å². The van der Waals surface area contributed by atoms with E-state index >= 15 is 0 Å². The SMILES string of the molecule is CCC(C)(C)C(=O)OCCCN=[N+]=[N-].CCC(C)(CCC(C)(C)C(=O)OCCN(C)C)C(=O)OCCCN=[N+]=[N-]. The summed E-state index contributed by atoms with van der Waals surface area (Å²) in [4.78, 5) is 43.3. The van der Waals surface area contributed by atoms with Crippen LogP contribution in [0.2, 0.25) is 0 Å². The topological polar surface area (TPSA) is 180 Å². The summed E-state index contributed by atoms with van der Waals surface area (Å²) >= 11 is 0. The summed E-state index contributed by atoms with van der Waals surface area (Å²) in [6, 6.07) is 0. The van der Waals surface area contributed by atoms with Gasteiger partial charge >= 0.3 is 17.9 Å². The molecule has 0 aliphatic carbocycles. The zero-order chi connectivity index (χ0) is 31.2. The molecule has 0 aliphatic rings. The predicted molar refractivity (Wildman–Crippen MR) is 154 cm³/mol. The Morgan fingerprint density at radius 3 is 1.57 bits per heavy atom. The third-order valence-electron chi connectivity index (χ3n) is 6.73. The molecule has 0 aliphatic heterocycles. The van der Waals surface area contributed by atoms with Gasteiger partial charge in [0.1, 0.15) is 6.61 Å². The Morgan fingerprint density at radius 1 is 0.700 bits per heavy atom. The first-order valence-electron chi connectivity index (χ1n) is 13.8. The molecule has 0 N–H and O–H groups in total. The molecule has 13 nitrogen and oxygen atoms in total. The average Bonchev–Trinajstić information content (AvgIpc) is 2.91. The maximum Gasteiger partial charge on any atom is 0.311 e. The monoisotopic (exact) mass is 569 g/mol. The lowest BCUT2D eigenvalue weighted by Gasteiger charge is -2.30. The average molecular weight is 570 g/mol. The van der Waals surface area contributed by atoms with Gasteiger partial charge in [-0.3, -0.25) is 14.4 Å². The maximum atomic E-state index is 12.4. The summed E-state index contributed by atoms with van der Waals surface area (Å²) in [5.74, 6) is -0.723. The lowest BCUT2D eigenvalue weighted by Crippen LogP contribution is -2.34. The fraction of sp³-hybridized carbons (Fsp3) is 0.889. The van der Waals surface area contributed by atoms with Crippen molar-refractivity contribution in [3.63, 3.8) is 0 Å². The molecule has 0 bridgehead atoms. The molecule has 230 valence electrons. The molecule has 1 atom stereocenters. The Hall–Kier alpha value is -3.01. The van der Waals surface area contributed by atoms with Gasteiger partial charge in [-0.2, -0.15) is 0 Å². The molecule has 0 radical (unpaired) electrons. The zero-order valence-corrected chi connectivity index (χ0v) is 26.1. The fourth-order valence-corrected chi connectivity index (χ4v) is 2.83. The summed E-state index contributed by atoms with van der Waals surface area (Å²) in [6.07, 6.45) is 3.52. The van der Waals surface area contributed by atoms with E-state index in [9.17, 15) is 14.4 Å². The van der Waals surface area contributed by atoms with Crippen molar-refractivity contribution in [3.8, 4) is 0 Å². The molecule has 0 fully saturated rings.